The molecule has 4 bridgehead atoms. The number of hydrogen-bond donors (Lipinski definition) is 1. The first-order chi connectivity index (χ1) is 15.0. The topological polar surface area (TPSA) is 59.8 Å². The lowest BCUT2D eigenvalue weighted by Crippen LogP contribution is -2.60. The van der Waals surface area contributed by atoms with E-state index in [2.05, 4.69) is 41.5 Å². The SMILES string of the molecule is Cc1cccc(-c2ccnc3c2c(C)nn3CC(=O)NC23CC4CC(CC(C4)C2)C3)c1. The number of amides is 1. The Bertz CT molecular complexity index is 1140. The molecule has 1 N–H and O–H groups in total. The molecule has 1 amide bonds. The van der Waals surface area contributed by atoms with Gasteiger partial charge in [0.05, 0.1) is 5.69 Å². The summed E-state index contributed by atoms with van der Waals surface area (Å²) in [5.74, 6) is 2.53. The molecule has 1 aromatic carbocycles. The molecule has 160 valence electrons. The number of benzene rings is 1. The summed E-state index contributed by atoms with van der Waals surface area (Å²) >= 11 is 0. The molecule has 0 spiro atoms. The summed E-state index contributed by atoms with van der Waals surface area (Å²) in [4.78, 5) is 17.8. The monoisotopic (exact) mass is 414 g/mol. The third-order valence-electron chi connectivity index (χ3n) is 7.87. The number of hydrogen-bond acceptors (Lipinski definition) is 3. The molecule has 0 saturated heterocycles. The van der Waals surface area contributed by atoms with E-state index in [1.807, 2.05) is 19.2 Å². The molecule has 2 heterocycles. The zero-order chi connectivity index (χ0) is 21.2. The first kappa shape index (κ1) is 19.0. The van der Waals surface area contributed by atoms with Crippen LogP contribution in [-0.4, -0.2) is 26.2 Å². The molecule has 0 atom stereocenters. The van der Waals surface area contributed by atoms with Crippen molar-refractivity contribution >= 4 is 16.9 Å². The molecule has 0 radical (unpaired) electrons. The van der Waals surface area contributed by atoms with Crippen molar-refractivity contribution in [3.63, 3.8) is 0 Å². The van der Waals surface area contributed by atoms with Gasteiger partial charge in [0, 0.05) is 17.1 Å². The lowest BCUT2D eigenvalue weighted by molar-refractivity contribution is -0.127. The lowest BCUT2D eigenvalue weighted by Gasteiger charge is -2.56. The molecule has 2 aromatic heterocycles. The molecule has 31 heavy (non-hydrogen) atoms. The Kier molecular flexibility index (Phi) is 4.24. The van der Waals surface area contributed by atoms with Crippen molar-refractivity contribution in [3.8, 4) is 11.1 Å². The van der Waals surface area contributed by atoms with Gasteiger partial charge in [-0.15, -0.1) is 0 Å². The highest BCUT2D eigenvalue weighted by Crippen LogP contribution is 2.55. The number of rotatable bonds is 4. The Labute approximate surface area is 183 Å². The van der Waals surface area contributed by atoms with Crippen LogP contribution in [0.5, 0.6) is 0 Å². The van der Waals surface area contributed by atoms with Crippen LogP contribution in [0.1, 0.15) is 49.8 Å². The normalized spacial score (nSPS) is 28.9. The quantitative estimate of drug-likeness (QED) is 0.667. The Morgan fingerprint density at radius 2 is 1.81 bits per heavy atom. The highest BCUT2D eigenvalue weighted by atomic mass is 16.2. The molecular weight excluding hydrogens is 384 g/mol. The second-order valence-electron chi connectivity index (χ2n) is 10.4. The van der Waals surface area contributed by atoms with Crippen LogP contribution in [0.15, 0.2) is 36.5 Å². The van der Waals surface area contributed by atoms with E-state index in [1.54, 1.807) is 4.68 Å². The van der Waals surface area contributed by atoms with Crippen molar-refractivity contribution in [3.05, 3.63) is 47.8 Å². The van der Waals surface area contributed by atoms with Crippen LogP contribution < -0.4 is 5.32 Å². The highest BCUT2D eigenvalue weighted by molar-refractivity contribution is 5.95. The summed E-state index contributed by atoms with van der Waals surface area (Å²) in [7, 11) is 0. The van der Waals surface area contributed by atoms with Crippen LogP contribution in [0.2, 0.25) is 0 Å². The van der Waals surface area contributed by atoms with E-state index in [-0.39, 0.29) is 18.0 Å². The molecule has 0 aliphatic heterocycles. The minimum Gasteiger partial charge on any atom is -0.349 e. The summed E-state index contributed by atoms with van der Waals surface area (Å²) in [5.41, 5.74) is 5.25. The summed E-state index contributed by atoms with van der Waals surface area (Å²) < 4.78 is 1.79. The Hall–Kier alpha value is -2.69. The minimum absolute atomic E-state index is 0.0317. The van der Waals surface area contributed by atoms with E-state index in [4.69, 9.17) is 5.10 Å². The third kappa shape index (κ3) is 3.26. The largest absolute Gasteiger partial charge is 0.349 e. The average Bonchev–Trinajstić information content (AvgIpc) is 3.02. The summed E-state index contributed by atoms with van der Waals surface area (Å²) in [6, 6.07) is 10.5. The smallest absolute Gasteiger partial charge is 0.242 e. The molecule has 5 heteroatoms. The minimum atomic E-state index is 0.0317. The van der Waals surface area contributed by atoms with Crippen LogP contribution in [0, 0.1) is 31.6 Å². The van der Waals surface area contributed by atoms with Gasteiger partial charge in [0.1, 0.15) is 6.54 Å². The fourth-order valence-electron chi connectivity index (χ4n) is 7.18. The van der Waals surface area contributed by atoms with Crippen LogP contribution >= 0.6 is 0 Å². The van der Waals surface area contributed by atoms with Gasteiger partial charge in [-0.3, -0.25) is 4.79 Å². The van der Waals surface area contributed by atoms with Gasteiger partial charge in [-0.2, -0.15) is 5.10 Å². The lowest BCUT2D eigenvalue weighted by atomic mass is 9.53. The average molecular weight is 415 g/mol. The second-order valence-corrected chi connectivity index (χ2v) is 10.4. The van der Waals surface area contributed by atoms with Gasteiger partial charge in [0.15, 0.2) is 5.65 Å². The van der Waals surface area contributed by atoms with Crippen molar-refractivity contribution < 1.29 is 4.79 Å². The Balaban J connectivity index is 1.28. The molecule has 4 saturated carbocycles. The second kappa shape index (κ2) is 6.91. The molecule has 4 fully saturated rings. The summed E-state index contributed by atoms with van der Waals surface area (Å²) in [6.07, 6.45) is 9.46. The van der Waals surface area contributed by atoms with Gasteiger partial charge >= 0.3 is 0 Å². The molecular formula is C26H30N4O. The van der Waals surface area contributed by atoms with Crippen molar-refractivity contribution in [2.75, 3.05) is 0 Å². The third-order valence-corrected chi connectivity index (χ3v) is 7.87. The number of nitrogens with zero attached hydrogens (tertiary/aromatic N) is 3. The van der Waals surface area contributed by atoms with E-state index >= 15 is 0 Å². The highest BCUT2D eigenvalue weighted by Gasteiger charge is 2.51. The number of aryl methyl sites for hydroxylation is 2. The van der Waals surface area contributed by atoms with Gasteiger partial charge in [-0.25, -0.2) is 9.67 Å². The number of pyridine rings is 1. The zero-order valence-electron chi connectivity index (χ0n) is 18.4. The molecule has 4 aliphatic carbocycles. The van der Waals surface area contributed by atoms with Crippen LogP contribution in [0.3, 0.4) is 0 Å². The maximum absolute atomic E-state index is 13.1. The van der Waals surface area contributed by atoms with Crippen LogP contribution in [0.4, 0.5) is 0 Å². The van der Waals surface area contributed by atoms with Crippen LogP contribution in [0.25, 0.3) is 22.2 Å². The van der Waals surface area contributed by atoms with E-state index in [0.29, 0.717) is 0 Å². The summed E-state index contributed by atoms with van der Waals surface area (Å²) in [5, 5.41) is 9.24. The number of aromatic nitrogens is 3. The first-order valence-corrected chi connectivity index (χ1v) is 11.7. The molecule has 7 rings (SSSR count). The first-order valence-electron chi connectivity index (χ1n) is 11.7. The van der Waals surface area contributed by atoms with Crippen molar-refractivity contribution in [2.45, 2.75) is 64.5 Å². The number of carbonyl (C=O) groups excluding carboxylic acids is 1. The molecule has 5 nitrogen and oxygen atoms in total. The number of fused-ring (bicyclic) bond motifs is 1. The van der Waals surface area contributed by atoms with Crippen molar-refractivity contribution in [1.82, 2.24) is 20.1 Å². The predicted molar refractivity (Wildman–Crippen MR) is 121 cm³/mol. The van der Waals surface area contributed by atoms with E-state index in [0.717, 1.165) is 45.6 Å². The van der Waals surface area contributed by atoms with Gasteiger partial charge in [0.25, 0.3) is 0 Å². The van der Waals surface area contributed by atoms with Crippen molar-refractivity contribution in [1.29, 1.82) is 0 Å². The molecule has 3 aromatic rings. The molecule has 0 unspecified atom stereocenters. The standard InChI is InChI=1S/C26H30N4O/c1-16-4-3-5-21(8-16)22-6-7-27-25-24(22)17(2)29-30(25)15-23(31)28-26-12-18-9-19(13-26)11-20(10-18)14-26/h3-8,18-20H,9-15H2,1-2H3,(H,28,31). The van der Waals surface area contributed by atoms with Gasteiger partial charge in [-0.05, 0) is 87.3 Å². The van der Waals surface area contributed by atoms with E-state index in [1.165, 1.54) is 44.1 Å². The van der Waals surface area contributed by atoms with Gasteiger partial charge in [-0.1, -0.05) is 29.8 Å². The fourth-order valence-corrected chi connectivity index (χ4v) is 7.18. The number of nitrogens with one attached hydrogen (secondary N) is 1. The Morgan fingerprint density at radius 1 is 1.10 bits per heavy atom. The molecule has 4 aliphatic rings. The van der Waals surface area contributed by atoms with E-state index in [9.17, 15) is 4.79 Å². The number of carbonyl (C=O) groups is 1. The predicted octanol–water partition coefficient (Wildman–Crippen LogP) is 4.80. The van der Waals surface area contributed by atoms with Gasteiger partial charge in [0.2, 0.25) is 5.91 Å². The van der Waals surface area contributed by atoms with Crippen molar-refractivity contribution in [2.24, 2.45) is 17.8 Å². The Morgan fingerprint density at radius 3 is 2.48 bits per heavy atom. The maximum Gasteiger partial charge on any atom is 0.242 e. The van der Waals surface area contributed by atoms with E-state index < -0.39 is 0 Å². The fraction of sp³-hybridized carbons (Fsp3) is 0.500. The summed E-state index contributed by atoms with van der Waals surface area (Å²) in [6.45, 7) is 4.35. The maximum atomic E-state index is 13.1. The zero-order valence-corrected chi connectivity index (χ0v) is 18.4. The van der Waals surface area contributed by atoms with Crippen LogP contribution in [-0.2, 0) is 11.3 Å². The van der Waals surface area contributed by atoms with Gasteiger partial charge < -0.3 is 5.32 Å².